The van der Waals surface area contributed by atoms with Crippen LogP contribution in [0, 0.1) is 17.2 Å². The van der Waals surface area contributed by atoms with Crippen LogP contribution >= 0.6 is 0 Å². The van der Waals surface area contributed by atoms with Gasteiger partial charge in [0.2, 0.25) is 0 Å². The van der Waals surface area contributed by atoms with Gasteiger partial charge in [-0.05, 0) is 18.9 Å². The highest BCUT2D eigenvalue weighted by molar-refractivity contribution is 5.82. The maximum absolute atomic E-state index is 11.8. The molecule has 0 fully saturated rings. The van der Waals surface area contributed by atoms with Gasteiger partial charge in [-0.15, -0.1) is 0 Å². The Bertz CT molecular complexity index is 607. The highest BCUT2D eigenvalue weighted by Gasteiger charge is 2.30. The van der Waals surface area contributed by atoms with Gasteiger partial charge in [-0.2, -0.15) is 5.26 Å². The highest BCUT2D eigenvalue weighted by atomic mass is 16.5. The first kappa shape index (κ1) is 18.5. The van der Waals surface area contributed by atoms with Crippen molar-refractivity contribution in [2.24, 2.45) is 5.92 Å². The summed E-state index contributed by atoms with van der Waals surface area (Å²) in [6.07, 6.45) is 0.0109. The van der Waals surface area contributed by atoms with Crippen LogP contribution in [-0.4, -0.2) is 31.1 Å². The minimum absolute atomic E-state index is 0.0109. The Morgan fingerprint density at radius 2 is 2.00 bits per heavy atom. The van der Waals surface area contributed by atoms with E-state index < -0.39 is 24.0 Å². The van der Waals surface area contributed by atoms with Crippen molar-refractivity contribution in [1.29, 1.82) is 5.26 Å². The standard InChI is InChI=1S/C17H22N2O4/c1-12(2)17(3,11-18)19-15(20)10-23-16(21)9-13-7-5-6-8-14(13)22-4/h5-8,12H,9-10H2,1-4H3,(H,19,20)/t17-/m1/s1. The molecule has 0 radical (unpaired) electrons. The summed E-state index contributed by atoms with van der Waals surface area (Å²) in [5.74, 6) is -0.518. The SMILES string of the molecule is COc1ccccc1CC(=O)OCC(=O)N[C@](C)(C#N)C(C)C. The van der Waals surface area contributed by atoms with E-state index in [4.69, 9.17) is 14.7 Å². The van der Waals surface area contributed by atoms with Gasteiger partial charge in [0, 0.05) is 5.56 Å². The molecule has 0 aliphatic carbocycles. The minimum atomic E-state index is -0.994. The average molecular weight is 318 g/mol. The summed E-state index contributed by atoms with van der Waals surface area (Å²) in [7, 11) is 1.52. The summed E-state index contributed by atoms with van der Waals surface area (Å²) in [6.45, 7) is 4.87. The van der Waals surface area contributed by atoms with E-state index in [0.717, 1.165) is 0 Å². The smallest absolute Gasteiger partial charge is 0.310 e. The molecule has 23 heavy (non-hydrogen) atoms. The van der Waals surface area contributed by atoms with Gasteiger partial charge in [-0.3, -0.25) is 9.59 Å². The van der Waals surface area contributed by atoms with Gasteiger partial charge < -0.3 is 14.8 Å². The number of hydrogen-bond donors (Lipinski definition) is 1. The van der Waals surface area contributed by atoms with Gasteiger partial charge in [0.15, 0.2) is 6.61 Å². The molecule has 1 rings (SSSR count). The summed E-state index contributed by atoms with van der Waals surface area (Å²) in [5, 5.41) is 11.7. The number of ether oxygens (including phenoxy) is 2. The van der Waals surface area contributed by atoms with E-state index in [1.54, 1.807) is 31.2 Å². The zero-order valence-corrected chi connectivity index (χ0v) is 13.9. The molecule has 6 heteroatoms. The molecule has 0 aromatic heterocycles. The lowest BCUT2D eigenvalue weighted by atomic mass is 9.90. The second-order valence-electron chi connectivity index (χ2n) is 5.67. The molecule has 0 bridgehead atoms. The second kappa shape index (κ2) is 8.18. The van der Waals surface area contributed by atoms with Crippen molar-refractivity contribution < 1.29 is 19.1 Å². The number of amides is 1. The number of benzene rings is 1. The lowest BCUT2D eigenvalue weighted by Gasteiger charge is -2.27. The Labute approximate surface area is 136 Å². The number of carbonyl (C=O) groups excluding carboxylic acids is 2. The van der Waals surface area contributed by atoms with Crippen molar-refractivity contribution in [3.8, 4) is 11.8 Å². The highest BCUT2D eigenvalue weighted by Crippen LogP contribution is 2.18. The maximum atomic E-state index is 11.8. The molecule has 0 aliphatic heterocycles. The Hall–Kier alpha value is -2.55. The fourth-order valence-electron chi connectivity index (χ4n) is 1.83. The third kappa shape index (κ3) is 5.29. The van der Waals surface area contributed by atoms with Crippen molar-refractivity contribution in [3.63, 3.8) is 0 Å². The van der Waals surface area contributed by atoms with Crippen molar-refractivity contribution in [2.75, 3.05) is 13.7 Å². The van der Waals surface area contributed by atoms with Crippen LogP contribution in [0.1, 0.15) is 26.3 Å². The molecule has 0 saturated carbocycles. The van der Waals surface area contributed by atoms with Gasteiger partial charge in [0.05, 0.1) is 19.6 Å². The monoisotopic (exact) mass is 318 g/mol. The predicted molar refractivity (Wildman–Crippen MR) is 84.7 cm³/mol. The number of para-hydroxylation sites is 1. The van der Waals surface area contributed by atoms with Crippen molar-refractivity contribution in [3.05, 3.63) is 29.8 Å². The topological polar surface area (TPSA) is 88.4 Å². The maximum Gasteiger partial charge on any atom is 0.310 e. The number of hydrogen-bond acceptors (Lipinski definition) is 5. The summed E-state index contributed by atoms with van der Waals surface area (Å²) < 4.78 is 10.1. The number of esters is 1. The van der Waals surface area contributed by atoms with Gasteiger partial charge in [0.1, 0.15) is 11.3 Å². The number of nitrogens with zero attached hydrogens (tertiary/aromatic N) is 1. The van der Waals surface area contributed by atoms with E-state index >= 15 is 0 Å². The molecule has 0 heterocycles. The van der Waals surface area contributed by atoms with Crippen LogP contribution in [0.4, 0.5) is 0 Å². The molecule has 1 aromatic carbocycles. The summed E-state index contributed by atoms with van der Waals surface area (Å²) in [6, 6.07) is 9.16. The molecule has 0 aliphatic rings. The Kier molecular flexibility index (Phi) is 6.58. The fraction of sp³-hybridized carbons (Fsp3) is 0.471. The number of nitrogens with one attached hydrogen (secondary N) is 1. The van der Waals surface area contributed by atoms with E-state index in [1.165, 1.54) is 7.11 Å². The first-order valence-electron chi connectivity index (χ1n) is 7.32. The molecular weight excluding hydrogens is 296 g/mol. The van der Waals surface area contributed by atoms with Crippen LogP contribution in [0.15, 0.2) is 24.3 Å². The summed E-state index contributed by atoms with van der Waals surface area (Å²) in [4.78, 5) is 23.7. The third-order valence-corrected chi connectivity index (χ3v) is 3.68. The van der Waals surface area contributed by atoms with E-state index in [0.29, 0.717) is 11.3 Å². The van der Waals surface area contributed by atoms with Crippen LogP contribution in [0.25, 0.3) is 0 Å². The molecule has 124 valence electrons. The number of rotatable bonds is 7. The Morgan fingerprint density at radius 1 is 1.35 bits per heavy atom. The van der Waals surface area contributed by atoms with Crippen LogP contribution in [-0.2, 0) is 20.7 Å². The lowest BCUT2D eigenvalue weighted by Crippen LogP contribution is -2.50. The molecule has 0 unspecified atom stereocenters. The summed E-state index contributed by atoms with van der Waals surface area (Å²) >= 11 is 0. The largest absolute Gasteiger partial charge is 0.496 e. The van der Waals surface area contributed by atoms with Crippen molar-refractivity contribution in [2.45, 2.75) is 32.7 Å². The third-order valence-electron chi connectivity index (χ3n) is 3.68. The minimum Gasteiger partial charge on any atom is -0.496 e. The molecule has 1 amide bonds. The first-order valence-corrected chi connectivity index (χ1v) is 7.32. The van der Waals surface area contributed by atoms with Gasteiger partial charge in [0.25, 0.3) is 5.91 Å². The second-order valence-corrected chi connectivity index (χ2v) is 5.67. The molecule has 1 atom stereocenters. The quantitative estimate of drug-likeness (QED) is 0.775. The average Bonchev–Trinajstić information content (AvgIpc) is 2.53. The zero-order chi connectivity index (χ0) is 17.5. The van der Waals surface area contributed by atoms with E-state index in [1.807, 2.05) is 13.8 Å². The molecular formula is C17H22N2O4. The Balaban J connectivity index is 2.53. The molecule has 0 spiro atoms. The van der Waals surface area contributed by atoms with Crippen LogP contribution < -0.4 is 10.1 Å². The summed E-state index contributed by atoms with van der Waals surface area (Å²) in [5.41, 5.74) is -0.309. The molecule has 1 aromatic rings. The Morgan fingerprint density at radius 3 is 2.57 bits per heavy atom. The van der Waals surface area contributed by atoms with Gasteiger partial charge in [-0.1, -0.05) is 32.0 Å². The molecule has 6 nitrogen and oxygen atoms in total. The van der Waals surface area contributed by atoms with E-state index in [-0.39, 0.29) is 12.3 Å². The van der Waals surface area contributed by atoms with Crippen LogP contribution in [0.5, 0.6) is 5.75 Å². The molecule has 0 saturated heterocycles. The lowest BCUT2D eigenvalue weighted by molar-refractivity contribution is -0.148. The van der Waals surface area contributed by atoms with Gasteiger partial charge in [-0.25, -0.2) is 0 Å². The number of carbonyl (C=O) groups is 2. The van der Waals surface area contributed by atoms with Gasteiger partial charge >= 0.3 is 5.97 Å². The zero-order valence-electron chi connectivity index (χ0n) is 13.9. The number of methoxy groups -OCH3 is 1. The van der Waals surface area contributed by atoms with E-state index in [9.17, 15) is 9.59 Å². The van der Waals surface area contributed by atoms with Crippen molar-refractivity contribution >= 4 is 11.9 Å². The number of nitriles is 1. The van der Waals surface area contributed by atoms with Crippen LogP contribution in [0.3, 0.4) is 0 Å². The van der Waals surface area contributed by atoms with Crippen LogP contribution in [0.2, 0.25) is 0 Å². The predicted octanol–water partition coefficient (Wildman–Crippen LogP) is 1.84. The van der Waals surface area contributed by atoms with E-state index in [2.05, 4.69) is 11.4 Å². The van der Waals surface area contributed by atoms with Crippen molar-refractivity contribution in [1.82, 2.24) is 5.32 Å². The normalized spacial score (nSPS) is 12.9. The molecule has 1 N–H and O–H groups in total. The first-order chi connectivity index (χ1) is 10.8. The fourth-order valence-corrected chi connectivity index (χ4v) is 1.83.